The summed E-state index contributed by atoms with van der Waals surface area (Å²) in [5.41, 5.74) is 1.01. The molecule has 7 heteroatoms. The predicted molar refractivity (Wildman–Crippen MR) is 95.8 cm³/mol. The first kappa shape index (κ1) is 19.6. The molecule has 0 atom stereocenters. The standard InChI is InChI=1S/C19H25N3O4/c1-25-16-5-3-14(13-17(16)26-2)4-6-18(23)21-15-8-11-22(12-9-15)19(24)7-10-20/h3,5,13,15H,4,6-9,11-12H2,1-2H3,(H,21,23). The second-order valence-electron chi connectivity index (χ2n) is 6.25. The fourth-order valence-electron chi connectivity index (χ4n) is 3.05. The van der Waals surface area contributed by atoms with E-state index in [-0.39, 0.29) is 24.3 Å². The van der Waals surface area contributed by atoms with Crippen molar-refractivity contribution in [3.63, 3.8) is 0 Å². The third-order valence-electron chi connectivity index (χ3n) is 4.53. The van der Waals surface area contributed by atoms with Crippen molar-refractivity contribution in [1.29, 1.82) is 5.26 Å². The Hall–Kier alpha value is -2.75. The van der Waals surface area contributed by atoms with Crippen molar-refractivity contribution < 1.29 is 19.1 Å². The van der Waals surface area contributed by atoms with Gasteiger partial charge >= 0.3 is 0 Å². The van der Waals surface area contributed by atoms with Crippen LogP contribution < -0.4 is 14.8 Å². The highest BCUT2D eigenvalue weighted by Gasteiger charge is 2.23. The molecule has 1 N–H and O–H groups in total. The van der Waals surface area contributed by atoms with Gasteiger partial charge in [-0.3, -0.25) is 9.59 Å². The first-order chi connectivity index (χ1) is 12.6. The Morgan fingerprint density at radius 2 is 1.92 bits per heavy atom. The lowest BCUT2D eigenvalue weighted by Gasteiger charge is -2.32. The Morgan fingerprint density at radius 3 is 2.54 bits per heavy atom. The van der Waals surface area contributed by atoms with Crippen LogP contribution in [0, 0.1) is 11.3 Å². The molecule has 1 aliphatic rings. The van der Waals surface area contributed by atoms with Crippen LogP contribution >= 0.6 is 0 Å². The summed E-state index contributed by atoms with van der Waals surface area (Å²) in [7, 11) is 3.17. The van der Waals surface area contributed by atoms with Gasteiger partial charge in [0.15, 0.2) is 11.5 Å². The number of nitriles is 1. The van der Waals surface area contributed by atoms with E-state index in [4.69, 9.17) is 14.7 Å². The number of hydrogen-bond acceptors (Lipinski definition) is 5. The van der Waals surface area contributed by atoms with Crippen molar-refractivity contribution in [1.82, 2.24) is 10.2 Å². The minimum atomic E-state index is -0.134. The summed E-state index contributed by atoms with van der Waals surface area (Å²) in [6.07, 6.45) is 2.37. The molecule has 2 rings (SSSR count). The van der Waals surface area contributed by atoms with Crippen molar-refractivity contribution >= 4 is 11.8 Å². The first-order valence-corrected chi connectivity index (χ1v) is 8.72. The zero-order valence-electron chi connectivity index (χ0n) is 15.3. The SMILES string of the molecule is COc1ccc(CCC(=O)NC2CCN(C(=O)CC#N)CC2)cc1OC. The maximum atomic E-state index is 12.2. The second-order valence-corrected chi connectivity index (χ2v) is 6.25. The zero-order chi connectivity index (χ0) is 18.9. The van der Waals surface area contributed by atoms with Crippen LogP contribution in [0.15, 0.2) is 18.2 Å². The van der Waals surface area contributed by atoms with Gasteiger partial charge in [0.25, 0.3) is 0 Å². The minimum Gasteiger partial charge on any atom is -0.493 e. The third-order valence-corrected chi connectivity index (χ3v) is 4.53. The summed E-state index contributed by atoms with van der Waals surface area (Å²) < 4.78 is 10.5. The number of amides is 2. The van der Waals surface area contributed by atoms with Gasteiger partial charge in [-0.2, -0.15) is 5.26 Å². The van der Waals surface area contributed by atoms with Gasteiger partial charge in [-0.25, -0.2) is 0 Å². The molecule has 0 saturated carbocycles. The molecular weight excluding hydrogens is 334 g/mol. The van der Waals surface area contributed by atoms with E-state index < -0.39 is 0 Å². The molecule has 1 aromatic rings. The topological polar surface area (TPSA) is 91.7 Å². The van der Waals surface area contributed by atoms with Crippen molar-refractivity contribution in [2.45, 2.75) is 38.1 Å². The predicted octanol–water partition coefficient (Wildman–Crippen LogP) is 1.66. The number of methoxy groups -OCH3 is 2. The van der Waals surface area contributed by atoms with E-state index in [1.165, 1.54) is 0 Å². The highest BCUT2D eigenvalue weighted by atomic mass is 16.5. The number of rotatable bonds is 7. The summed E-state index contributed by atoms with van der Waals surface area (Å²) in [5.74, 6) is 1.19. The van der Waals surface area contributed by atoms with Crippen LogP contribution in [-0.4, -0.2) is 50.1 Å². The van der Waals surface area contributed by atoms with Crippen molar-refractivity contribution in [2.75, 3.05) is 27.3 Å². The lowest BCUT2D eigenvalue weighted by Crippen LogP contribution is -2.46. The number of carbonyl (C=O) groups is 2. The highest BCUT2D eigenvalue weighted by molar-refractivity contribution is 5.78. The van der Waals surface area contributed by atoms with Crippen molar-refractivity contribution in [2.24, 2.45) is 0 Å². The molecule has 1 aliphatic heterocycles. The number of hydrogen-bond donors (Lipinski definition) is 1. The van der Waals surface area contributed by atoms with Crippen molar-refractivity contribution in [3.8, 4) is 17.6 Å². The van der Waals surface area contributed by atoms with Gasteiger partial charge in [-0.05, 0) is 37.0 Å². The van der Waals surface area contributed by atoms with Gasteiger partial charge in [-0.15, -0.1) is 0 Å². The Labute approximate surface area is 153 Å². The summed E-state index contributed by atoms with van der Waals surface area (Å²) in [6.45, 7) is 1.17. The molecule has 0 aliphatic carbocycles. The van der Waals surface area contributed by atoms with Crippen LogP contribution in [0.1, 0.15) is 31.2 Å². The largest absolute Gasteiger partial charge is 0.493 e. The molecule has 140 valence electrons. The van der Waals surface area contributed by atoms with Crippen LogP contribution in [0.2, 0.25) is 0 Å². The van der Waals surface area contributed by atoms with Gasteiger partial charge in [0.2, 0.25) is 11.8 Å². The minimum absolute atomic E-state index is 0.00147. The maximum Gasteiger partial charge on any atom is 0.236 e. The van der Waals surface area contributed by atoms with Crippen LogP contribution in [-0.2, 0) is 16.0 Å². The molecule has 7 nitrogen and oxygen atoms in total. The Kier molecular flexibility index (Phi) is 7.27. The number of ether oxygens (including phenoxy) is 2. The lowest BCUT2D eigenvalue weighted by atomic mass is 10.0. The number of likely N-dealkylation sites (tertiary alicyclic amines) is 1. The van der Waals surface area contributed by atoms with E-state index in [0.29, 0.717) is 37.4 Å². The molecule has 1 fully saturated rings. The zero-order valence-corrected chi connectivity index (χ0v) is 15.3. The molecule has 2 amide bonds. The van der Waals surface area contributed by atoms with E-state index in [1.54, 1.807) is 19.1 Å². The highest BCUT2D eigenvalue weighted by Crippen LogP contribution is 2.28. The van der Waals surface area contributed by atoms with Crippen molar-refractivity contribution in [3.05, 3.63) is 23.8 Å². The second kappa shape index (κ2) is 9.66. The van der Waals surface area contributed by atoms with E-state index in [9.17, 15) is 9.59 Å². The number of carbonyl (C=O) groups excluding carboxylic acids is 2. The monoisotopic (exact) mass is 359 g/mol. The lowest BCUT2D eigenvalue weighted by molar-refractivity contribution is -0.131. The normalized spacial score (nSPS) is 14.4. The summed E-state index contributed by atoms with van der Waals surface area (Å²) in [5, 5.41) is 11.6. The fourth-order valence-corrected chi connectivity index (χ4v) is 3.05. The molecule has 1 aromatic carbocycles. The van der Waals surface area contributed by atoms with Crippen LogP contribution in [0.25, 0.3) is 0 Å². The number of piperidine rings is 1. The van der Waals surface area contributed by atoms with E-state index in [0.717, 1.165) is 18.4 Å². The van der Waals surface area contributed by atoms with Gasteiger partial charge < -0.3 is 19.7 Å². The van der Waals surface area contributed by atoms with Crippen LogP contribution in [0.3, 0.4) is 0 Å². The quantitative estimate of drug-likeness (QED) is 0.799. The first-order valence-electron chi connectivity index (χ1n) is 8.72. The molecule has 26 heavy (non-hydrogen) atoms. The third kappa shape index (κ3) is 5.38. The molecule has 0 aromatic heterocycles. The molecule has 0 bridgehead atoms. The maximum absolute atomic E-state index is 12.2. The number of nitrogens with one attached hydrogen (secondary N) is 1. The Bertz CT molecular complexity index is 676. The van der Waals surface area contributed by atoms with Gasteiger partial charge in [0.05, 0.1) is 20.3 Å². The number of aryl methyl sites for hydroxylation is 1. The molecule has 0 radical (unpaired) electrons. The molecular formula is C19H25N3O4. The number of benzene rings is 1. The molecule has 1 heterocycles. The Balaban J connectivity index is 1.76. The summed E-state index contributed by atoms with van der Waals surface area (Å²) in [6, 6.07) is 7.60. The average molecular weight is 359 g/mol. The van der Waals surface area contributed by atoms with Gasteiger partial charge in [-0.1, -0.05) is 6.07 Å². The van der Waals surface area contributed by atoms with E-state index in [2.05, 4.69) is 5.32 Å². The number of nitrogens with zero attached hydrogens (tertiary/aromatic N) is 2. The molecule has 0 spiro atoms. The molecule has 0 unspecified atom stereocenters. The van der Waals surface area contributed by atoms with Crippen LogP contribution in [0.5, 0.6) is 11.5 Å². The van der Waals surface area contributed by atoms with E-state index in [1.807, 2.05) is 24.3 Å². The van der Waals surface area contributed by atoms with Gasteiger partial charge in [0, 0.05) is 25.6 Å². The average Bonchev–Trinajstić information content (AvgIpc) is 2.66. The van der Waals surface area contributed by atoms with Crippen LogP contribution in [0.4, 0.5) is 0 Å². The fraction of sp³-hybridized carbons (Fsp3) is 0.526. The van der Waals surface area contributed by atoms with E-state index >= 15 is 0 Å². The summed E-state index contributed by atoms with van der Waals surface area (Å²) in [4.78, 5) is 25.6. The smallest absolute Gasteiger partial charge is 0.236 e. The molecule has 1 saturated heterocycles. The summed E-state index contributed by atoms with van der Waals surface area (Å²) >= 11 is 0. The van der Waals surface area contributed by atoms with Gasteiger partial charge in [0.1, 0.15) is 6.42 Å². The Morgan fingerprint density at radius 1 is 1.23 bits per heavy atom.